The number of nitrogens with one attached hydrogen (secondary N) is 3. The molecule has 8 heteroatoms. The third kappa shape index (κ3) is 6.25. The minimum atomic E-state index is -1.64. The molecule has 0 unspecified atom stereocenters. The van der Waals surface area contributed by atoms with Gasteiger partial charge in [0.15, 0.2) is 22.6 Å². The molecule has 1 amide bonds. The summed E-state index contributed by atoms with van der Waals surface area (Å²) in [6, 6.07) is 9.45. The van der Waals surface area contributed by atoms with Crippen LogP contribution in [-0.2, 0) is 11.2 Å². The molecule has 0 aromatic heterocycles. The van der Waals surface area contributed by atoms with Crippen LogP contribution in [-0.4, -0.2) is 17.6 Å². The van der Waals surface area contributed by atoms with E-state index in [1.165, 1.54) is 5.56 Å². The molecule has 4 nitrogen and oxygen atoms in total. The van der Waals surface area contributed by atoms with Crippen molar-refractivity contribution in [1.29, 1.82) is 0 Å². The minimum absolute atomic E-state index is 0.206. The summed E-state index contributed by atoms with van der Waals surface area (Å²) in [6.07, 6.45) is 3.27. The topological polar surface area (TPSA) is 53.2 Å². The zero-order chi connectivity index (χ0) is 19.8. The normalized spacial score (nSPS) is 10.4. The van der Waals surface area contributed by atoms with Gasteiger partial charge in [-0.3, -0.25) is 4.79 Å². The number of aryl methyl sites for hydroxylation is 1. The predicted molar refractivity (Wildman–Crippen MR) is 104 cm³/mol. The number of hydrogen-bond acceptors (Lipinski definition) is 2. The van der Waals surface area contributed by atoms with E-state index in [0.717, 1.165) is 37.1 Å². The Bertz CT molecular complexity index is 813. The molecule has 0 heterocycles. The zero-order valence-corrected chi connectivity index (χ0v) is 15.6. The van der Waals surface area contributed by atoms with Gasteiger partial charge in [-0.15, -0.1) is 0 Å². The van der Waals surface area contributed by atoms with Gasteiger partial charge in [-0.25, -0.2) is 13.2 Å². The fraction of sp³-hybridized carbons (Fsp3) is 0.263. The van der Waals surface area contributed by atoms with Crippen LogP contribution in [0.1, 0.15) is 25.3 Å². The van der Waals surface area contributed by atoms with Crippen molar-refractivity contribution in [2.75, 3.05) is 17.2 Å². The molecule has 2 aromatic rings. The number of rotatable bonds is 7. The largest absolute Gasteiger partial charge is 0.353 e. The van der Waals surface area contributed by atoms with Gasteiger partial charge in [0.1, 0.15) is 0 Å². The van der Waals surface area contributed by atoms with Crippen LogP contribution in [0.2, 0.25) is 0 Å². The monoisotopic (exact) mass is 395 g/mol. The minimum Gasteiger partial charge on any atom is -0.353 e. The molecule has 0 saturated carbocycles. The van der Waals surface area contributed by atoms with E-state index in [-0.39, 0.29) is 11.7 Å². The van der Waals surface area contributed by atoms with E-state index in [4.69, 9.17) is 12.2 Å². The molecule has 2 aromatic carbocycles. The molecule has 2 rings (SSSR count). The number of anilines is 2. The summed E-state index contributed by atoms with van der Waals surface area (Å²) in [5.41, 5.74) is 1.55. The van der Waals surface area contributed by atoms with Crippen LogP contribution in [0.4, 0.5) is 24.5 Å². The van der Waals surface area contributed by atoms with Crippen LogP contribution in [0.15, 0.2) is 36.4 Å². The van der Waals surface area contributed by atoms with Crippen molar-refractivity contribution in [2.45, 2.75) is 26.2 Å². The maximum absolute atomic E-state index is 13.5. The zero-order valence-electron chi connectivity index (χ0n) is 14.7. The van der Waals surface area contributed by atoms with Crippen molar-refractivity contribution in [1.82, 2.24) is 5.32 Å². The van der Waals surface area contributed by atoms with E-state index >= 15 is 0 Å². The summed E-state index contributed by atoms with van der Waals surface area (Å²) in [7, 11) is 0. The lowest BCUT2D eigenvalue weighted by molar-refractivity contribution is -0.115. The summed E-state index contributed by atoms with van der Waals surface area (Å²) in [5.74, 6) is -5.07. The number of halogens is 3. The molecule has 0 radical (unpaired) electrons. The predicted octanol–water partition coefficient (Wildman–Crippen LogP) is 4.37. The number of hydrogen-bond donors (Lipinski definition) is 3. The number of amides is 1. The average molecular weight is 395 g/mol. The Labute approximate surface area is 161 Å². The van der Waals surface area contributed by atoms with Gasteiger partial charge in [0.25, 0.3) is 0 Å². The molecule has 3 N–H and O–H groups in total. The quantitative estimate of drug-likeness (QED) is 0.481. The molecule has 0 aliphatic heterocycles. The molecule has 0 spiro atoms. The third-order valence-electron chi connectivity index (χ3n) is 3.75. The Morgan fingerprint density at radius 2 is 1.70 bits per heavy atom. The second-order valence-electron chi connectivity index (χ2n) is 5.88. The molecule has 0 bridgehead atoms. The molecular formula is C19H20F3N3OS. The molecule has 0 saturated heterocycles. The van der Waals surface area contributed by atoms with E-state index in [0.29, 0.717) is 0 Å². The summed E-state index contributed by atoms with van der Waals surface area (Å²) >= 11 is 5.10. The number of thiocarbonyl (C=S) groups is 1. The van der Waals surface area contributed by atoms with Gasteiger partial charge < -0.3 is 16.0 Å². The number of carbonyl (C=O) groups excluding carboxylic acids is 1. The van der Waals surface area contributed by atoms with Crippen LogP contribution >= 0.6 is 12.2 Å². The first-order chi connectivity index (χ1) is 12.9. The van der Waals surface area contributed by atoms with Gasteiger partial charge in [-0.2, -0.15) is 0 Å². The molecule has 27 heavy (non-hydrogen) atoms. The fourth-order valence-electron chi connectivity index (χ4n) is 2.29. The lowest BCUT2D eigenvalue weighted by Gasteiger charge is -2.12. The first kappa shape index (κ1) is 20.7. The smallest absolute Gasteiger partial charge is 0.243 e. The number of carbonyl (C=O) groups is 1. The number of unbranched alkanes of at least 4 members (excludes halogenated alkanes) is 1. The Hall–Kier alpha value is -2.61. The van der Waals surface area contributed by atoms with E-state index < -0.39 is 29.0 Å². The van der Waals surface area contributed by atoms with Gasteiger partial charge >= 0.3 is 0 Å². The van der Waals surface area contributed by atoms with E-state index in [9.17, 15) is 18.0 Å². The van der Waals surface area contributed by atoms with Crippen molar-refractivity contribution in [3.63, 3.8) is 0 Å². The summed E-state index contributed by atoms with van der Waals surface area (Å²) < 4.78 is 39.6. The Morgan fingerprint density at radius 3 is 2.37 bits per heavy atom. The highest BCUT2D eigenvalue weighted by molar-refractivity contribution is 7.80. The van der Waals surface area contributed by atoms with Crippen LogP contribution in [0.3, 0.4) is 0 Å². The lowest BCUT2D eigenvalue weighted by Crippen LogP contribution is -2.35. The van der Waals surface area contributed by atoms with E-state index in [1.54, 1.807) is 0 Å². The molecule has 0 atom stereocenters. The van der Waals surface area contributed by atoms with Crippen molar-refractivity contribution in [3.05, 3.63) is 59.4 Å². The van der Waals surface area contributed by atoms with Gasteiger partial charge in [0, 0.05) is 5.69 Å². The van der Waals surface area contributed by atoms with E-state index in [1.807, 2.05) is 24.3 Å². The van der Waals surface area contributed by atoms with Crippen molar-refractivity contribution < 1.29 is 18.0 Å². The average Bonchev–Trinajstić information content (AvgIpc) is 2.66. The summed E-state index contributed by atoms with van der Waals surface area (Å²) in [5, 5.41) is 7.95. The Morgan fingerprint density at radius 1 is 1.00 bits per heavy atom. The highest BCUT2D eigenvalue weighted by atomic mass is 32.1. The molecular weight excluding hydrogens is 375 g/mol. The van der Waals surface area contributed by atoms with Crippen LogP contribution < -0.4 is 16.0 Å². The van der Waals surface area contributed by atoms with Gasteiger partial charge in [-0.05, 0) is 54.9 Å². The standard InChI is InChI=1S/C19H20F3N3OS/c1-2-3-4-12-5-7-13(8-6-12)24-19(27)23-11-16(26)25-15-10-9-14(20)17(21)18(15)22/h5-10H,2-4,11H2,1H3,(H,25,26)(H2,23,24,27). The molecule has 0 aliphatic rings. The second-order valence-corrected chi connectivity index (χ2v) is 6.29. The van der Waals surface area contributed by atoms with Crippen molar-refractivity contribution in [2.24, 2.45) is 0 Å². The lowest BCUT2D eigenvalue weighted by atomic mass is 10.1. The molecule has 0 fully saturated rings. The van der Waals surface area contributed by atoms with Gasteiger partial charge in [-0.1, -0.05) is 25.5 Å². The summed E-state index contributed by atoms with van der Waals surface area (Å²) in [4.78, 5) is 11.8. The fourth-order valence-corrected chi connectivity index (χ4v) is 2.48. The number of benzene rings is 2. The van der Waals surface area contributed by atoms with Crippen LogP contribution in [0, 0.1) is 17.5 Å². The Kier molecular flexibility index (Phi) is 7.60. The second kappa shape index (κ2) is 9.91. The molecule has 0 aliphatic carbocycles. The maximum atomic E-state index is 13.5. The van der Waals surface area contributed by atoms with Crippen molar-refractivity contribution in [3.8, 4) is 0 Å². The van der Waals surface area contributed by atoms with Gasteiger partial charge in [0.05, 0.1) is 12.2 Å². The Balaban J connectivity index is 1.81. The van der Waals surface area contributed by atoms with E-state index in [2.05, 4.69) is 22.9 Å². The van der Waals surface area contributed by atoms with Crippen LogP contribution in [0.5, 0.6) is 0 Å². The maximum Gasteiger partial charge on any atom is 0.243 e. The first-order valence-electron chi connectivity index (χ1n) is 8.48. The molecule has 144 valence electrons. The van der Waals surface area contributed by atoms with Crippen molar-refractivity contribution >= 4 is 34.6 Å². The third-order valence-corrected chi connectivity index (χ3v) is 4.00. The SMILES string of the molecule is CCCCc1ccc(NC(=S)NCC(=O)Nc2ccc(F)c(F)c2F)cc1. The summed E-state index contributed by atoms with van der Waals surface area (Å²) in [6.45, 7) is 1.87. The highest BCUT2D eigenvalue weighted by Crippen LogP contribution is 2.19. The first-order valence-corrected chi connectivity index (χ1v) is 8.88. The van der Waals surface area contributed by atoms with Gasteiger partial charge in [0.2, 0.25) is 5.91 Å². The van der Waals surface area contributed by atoms with Crippen LogP contribution in [0.25, 0.3) is 0 Å². The highest BCUT2D eigenvalue weighted by Gasteiger charge is 2.15.